The zero-order chi connectivity index (χ0) is 12.8. The molecule has 0 aromatic heterocycles. The van der Waals surface area contributed by atoms with Gasteiger partial charge in [0.15, 0.2) is 0 Å². The van der Waals surface area contributed by atoms with Crippen molar-refractivity contribution in [3.63, 3.8) is 0 Å². The van der Waals surface area contributed by atoms with Gasteiger partial charge in [0.2, 0.25) is 5.91 Å². The van der Waals surface area contributed by atoms with Crippen molar-refractivity contribution in [2.75, 3.05) is 18.4 Å². The largest absolute Gasteiger partial charge is 0.383 e. The molecule has 1 rings (SSSR count). The Labute approximate surface area is 99.2 Å². The summed E-state index contributed by atoms with van der Waals surface area (Å²) < 4.78 is 0. The van der Waals surface area contributed by atoms with Crippen LogP contribution in [0.1, 0.15) is 12.5 Å². The maximum Gasteiger partial charge on any atom is 0.269 e. The summed E-state index contributed by atoms with van der Waals surface area (Å²) in [4.78, 5) is 20.7. The molecule has 0 spiro atoms. The number of nitro benzene ring substituents is 1. The van der Waals surface area contributed by atoms with Gasteiger partial charge in [0, 0.05) is 37.8 Å². The van der Waals surface area contributed by atoms with E-state index in [4.69, 9.17) is 0 Å². The van der Waals surface area contributed by atoms with Crippen molar-refractivity contribution in [3.05, 3.63) is 33.9 Å². The minimum absolute atomic E-state index is 0.0766. The van der Waals surface area contributed by atoms with Crippen LogP contribution >= 0.6 is 0 Å². The molecule has 2 N–H and O–H groups in total. The SMILES string of the molecule is CC(=O)NCCNc1ccc([N+](=O)[O-])cc1C. The number of benzene rings is 1. The van der Waals surface area contributed by atoms with Crippen molar-refractivity contribution in [2.24, 2.45) is 0 Å². The standard InChI is InChI=1S/C11H15N3O3/c1-8-7-10(14(16)17)3-4-11(8)13-6-5-12-9(2)15/h3-4,7,13H,5-6H2,1-2H3,(H,12,15). The van der Waals surface area contributed by atoms with E-state index in [2.05, 4.69) is 10.6 Å². The lowest BCUT2D eigenvalue weighted by molar-refractivity contribution is -0.384. The number of anilines is 1. The van der Waals surface area contributed by atoms with E-state index in [9.17, 15) is 14.9 Å². The first-order valence-electron chi connectivity index (χ1n) is 5.24. The third-order valence-electron chi connectivity index (χ3n) is 2.24. The molecule has 1 aromatic rings. The molecule has 92 valence electrons. The molecular weight excluding hydrogens is 222 g/mol. The first-order valence-corrected chi connectivity index (χ1v) is 5.24. The molecule has 0 aliphatic rings. The van der Waals surface area contributed by atoms with Crippen molar-refractivity contribution >= 4 is 17.3 Å². The second-order valence-corrected chi connectivity index (χ2v) is 3.67. The summed E-state index contributed by atoms with van der Waals surface area (Å²) in [5.41, 5.74) is 1.72. The van der Waals surface area contributed by atoms with E-state index < -0.39 is 4.92 Å². The fraction of sp³-hybridized carbons (Fsp3) is 0.364. The lowest BCUT2D eigenvalue weighted by atomic mass is 10.2. The molecule has 0 radical (unpaired) electrons. The van der Waals surface area contributed by atoms with E-state index in [0.29, 0.717) is 13.1 Å². The Morgan fingerprint density at radius 3 is 2.65 bits per heavy atom. The molecule has 6 nitrogen and oxygen atoms in total. The van der Waals surface area contributed by atoms with Crippen LogP contribution in [0.25, 0.3) is 0 Å². The normalized spacial score (nSPS) is 9.76. The van der Waals surface area contributed by atoms with Gasteiger partial charge in [-0.3, -0.25) is 14.9 Å². The Morgan fingerprint density at radius 1 is 1.41 bits per heavy atom. The number of nitrogens with zero attached hydrogens (tertiary/aromatic N) is 1. The van der Waals surface area contributed by atoms with E-state index in [0.717, 1.165) is 11.3 Å². The van der Waals surface area contributed by atoms with Crippen LogP contribution in [0.4, 0.5) is 11.4 Å². The molecule has 17 heavy (non-hydrogen) atoms. The number of hydrogen-bond acceptors (Lipinski definition) is 4. The average molecular weight is 237 g/mol. The number of non-ortho nitro benzene ring substituents is 1. The highest BCUT2D eigenvalue weighted by atomic mass is 16.6. The smallest absolute Gasteiger partial charge is 0.269 e. The fourth-order valence-corrected chi connectivity index (χ4v) is 1.40. The zero-order valence-corrected chi connectivity index (χ0v) is 9.82. The van der Waals surface area contributed by atoms with E-state index >= 15 is 0 Å². The Morgan fingerprint density at radius 2 is 2.12 bits per heavy atom. The van der Waals surface area contributed by atoms with E-state index in [1.165, 1.54) is 19.1 Å². The van der Waals surface area contributed by atoms with Crippen LogP contribution in [0.15, 0.2) is 18.2 Å². The summed E-state index contributed by atoms with van der Waals surface area (Å²) in [6.45, 7) is 4.36. The topological polar surface area (TPSA) is 84.3 Å². The lowest BCUT2D eigenvalue weighted by Gasteiger charge is -2.09. The molecule has 0 saturated carbocycles. The molecule has 0 aliphatic carbocycles. The van der Waals surface area contributed by atoms with Gasteiger partial charge in [-0.15, -0.1) is 0 Å². The molecule has 0 heterocycles. The number of nitro groups is 1. The van der Waals surface area contributed by atoms with Crippen LogP contribution in [-0.4, -0.2) is 23.9 Å². The zero-order valence-electron chi connectivity index (χ0n) is 9.82. The molecule has 1 amide bonds. The monoisotopic (exact) mass is 237 g/mol. The lowest BCUT2D eigenvalue weighted by Crippen LogP contribution is -2.26. The predicted octanol–water partition coefficient (Wildman–Crippen LogP) is 1.45. The van der Waals surface area contributed by atoms with Gasteiger partial charge in [0.1, 0.15) is 0 Å². The van der Waals surface area contributed by atoms with Crippen LogP contribution in [0.2, 0.25) is 0 Å². The van der Waals surface area contributed by atoms with Crippen LogP contribution in [0.5, 0.6) is 0 Å². The summed E-state index contributed by atoms with van der Waals surface area (Å²) in [6, 6.07) is 4.63. The van der Waals surface area contributed by atoms with Gasteiger partial charge in [-0.1, -0.05) is 0 Å². The summed E-state index contributed by atoms with van der Waals surface area (Å²) in [5.74, 6) is -0.0766. The highest BCUT2D eigenvalue weighted by molar-refractivity contribution is 5.72. The second-order valence-electron chi connectivity index (χ2n) is 3.67. The Balaban J connectivity index is 2.54. The summed E-state index contributed by atoms with van der Waals surface area (Å²) in [5, 5.41) is 16.3. The first kappa shape index (κ1) is 13.0. The molecule has 0 aliphatic heterocycles. The minimum atomic E-state index is -0.423. The van der Waals surface area contributed by atoms with Crippen molar-refractivity contribution in [3.8, 4) is 0 Å². The van der Waals surface area contributed by atoms with Gasteiger partial charge >= 0.3 is 0 Å². The number of carbonyl (C=O) groups excluding carboxylic acids is 1. The Hall–Kier alpha value is -2.11. The van der Waals surface area contributed by atoms with Crippen LogP contribution < -0.4 is 10.6 Å². The highest BCUT2D eigenvalue weighted by Gasteiger charge is 2.07. The molecular formula is C11H15N3O3. The van der Waals surface area contributed by atoms with E-state index in [1.807, 2.05) is 0 Å². The predicted molar refractivity (Wildman–Crippen MR) is 65.0 cm³/mol. The highest BCUT2D eigenvalue weighted by Crippen LogP contribution is 2.20. The van der Waals surface area contributed by atoms with Crippen LogP contribution in [0, 0.1) is 17.0 Å². The maximum atomic E-state index is 10.6. The third-order valence-corrected chi connectivity index (χ3v) is 2.24. The summed E-state index contributed by atoms with van der Waals surface area (Å²) in [7, 11) is 0. The molecule has 6 heteroatoms. The number of aryl methyl sites for hydroxylation is 1. The van der Waals surface area contributed by atoms with Crippen molar-refractivity contribution in [1.82, 2.24) is 5.32 Å². The molecule has 0 saturated heterocycles. The summed E-state index contributed by atoms with van der Waals surface area (Å²) in [6.07, 6.45) is 0. The van der Waals surface area contributed by atoms with Gasteiger partial charge < -0.3 is 10.6 Å². The van der Waals surface area contributed by atoms with Crippen molar-refractivity contribution < 1.29 is 9.72 Å². The van der Waals surface area contributed by atoms with Crippen LogP contribution in [0.3, 0.4) is 0 Å². The fourth-order valence-electron chi connectivity index (χ4n) is 1.40. The van der Waals surface area contributed by atoms with Gasteiger partial charge in [0.05, 0.1) is 4.92 Å². The molecule has 0 fully saturated rings. The quantitative estimate of drug-likeness (QED) is 0.461. The Bertz CT molecular complexity index is 432. The Kier molecular flexibility index (Phi) is 4.45. The second kappa shape index (κ2) is 5.83. The average Bonchev–Trinajstić information content (AvgIpc) is 2.25. The van der Waals surface area contributed by atoms with Crippen molar-refractivity contribution in [1.29, 1.82) is 0 Å². The number of nitrogens with one attached hydrogen (secondary N) is 2. The van der Waals surface area contributed by atoms with E-state index in [1.54, 1.807) is 13.0 Å². The minimum Gasteiger partial charge on any atom is -0.383 e. The number of carbonyl (C=O) groups is 1. The summed E-state index contributed by atoms with van der Waals surface area (Å²) >= 11 is 0. The molecule has 0 unspecified atom stereocenters. The third kappa shape index (κ3) is 4.10. The van der Waals surface area contributed by atoms with Gasteiger partial charge in [-0.25, -0.2) is 0 Å². The number of amides is 1. The van der Waals surface area contributed by atoms with Crippen LogP contribution in [-0.2, 0) is 4.79 Å². The van der Waals surface area contributed by atoms with E-state index in [-0.39, 0.29) is 11.6 Å². The first-order chi connectivity index (χ1) is 8.00. The molecule has 0 atom stereocenters. The maximum absolute atomic E-state index is 10.6. The van der Waals surface area contributed by atoms with Gasteiger partial charge in [-0.05, 0) is 18.6 Å². The van der Waals surface area contributed by atoms with Gasteiger partial charge in [0.25, 0.3) is 5.69 Å². The molecule has 1 aromatic carbocycles. The molecule has 0 bridgehead atoms. The number of hydrogen-bond donors (Lipinski definition) is 2. The van der Waals surface area contributed by atoms with Crippen molar-refractivity contribution in [2.45, 2.75) is 13.8 Å². The van der Waals surface area contributed by atoms with Gasteiger partial charge in [-0.2, -0.15) is 0 Å². The number of rotatable bonds is 5.